The summed E-state index contributed by atoms with van der Waals surface area (Å²) >= 11 is 0. The second-order valence-electron chi connectivity index (χ2n) is 4.63. The Balaban J connectivity index is 2.11. The summed E-state index contributed by atoms with van der Waals surface area (Å²) in [6.45, 7) is 3.83. The van der Waals surface area contributed by atoms with Crippen LogP contribution in [0.25, 0.3) is 0 Å². The van der Waals surface area contributed by atoms with E-state index in [1.165, 1.54) is 12.8 Å². The molecule has 1 aliphatic rings. The highest BCUT2D eigenvalue weighted by molar-refractivity contribution is 5.20. The summed E-state index contributed by atoms with van der Waals surface area (Å²) in [5.41, 5.74) is 1.16. The van der Waals surface area contributed by atoms with Crippen molar-refractivity contribution in [1.82, 2.24) is 0 Å². The first-order chi connectivity index (χ1) is 8.37. The Morgan fingerprint density at radius 2 is 1.76 bits per heavy atom. The van der Waals surface area contributed by atoms with Crippen molar-refractivity contribution < 1.29 is 9.47 Å². The second-order valence-corrected chi connectivity index (χ2v) is 4.63. The summed E-state index contributed by atoms with van der Waals surface area (Å²) in [5.74, 6) is -0.477. The van der Waals surface area contributed by atoms with E-state index < -0.39 is 5.79 Å². The molecule has 2 nitrogen and oxygen atoms in total. The standard InChI is InChI=1S/C15H22O2/c1-2-3-7-11-15(16-12-8-13-17-15)14-9-5-4-6-10-14/h4-6,9-10H,2-3,7-8,11-13H2,1H3. The van der Waals surface area contributed by atoms with Crippen molar-refractivity contribution in [2.45, 2.75) is 44.8 Å². The maximum Gasteiger partial charge on any atom is 0.194 e. The molecule has 1 aliphatic heterocycles. The molecule has 0 unspecified atom stereocenters. The van der Waals surface area contributed by atoms with Crippen molar-refractivity contribution in [2.24, 2.45) is 0 Å². The SMILES string of the molecule is CCCCCC1(c2ccccc2)OCCCO1. The molecule has 2 heteroatoms. The van der Waals surface area contributed by atoms with Crippen molar-refractivity contribution in [3.05, 3.63) is 35.9 Å². The second kappa shape index (κ2) is 6.18. The molecular formula is C15H22O2. The number of rotatable bonds is 5. The lowest BCUT2D eigenvalue weighted by molar-refractivity contribution is -0.280. The molecule has 1 saturated heterocycles. The van der Waals surface area contributed by atoms with Crippen molar-refractivity contribution in [2.75, 3.05) is 13.2 Å². The number of hydrogen-bond donors (Lipinski definition) is 0. The number of unbranched alkanes of at least 4 members (excludes halogenated alkanes) is 2. The summed E-state index contributed by atoms with van der Waals surface area (Å²) in [6, 6.07) is 10.4. The van der Waals surface area contributed by atoms with Crippen LogP contribution >= 0.6 is 0 Å². The molecule has 0 atom stereocenters. The normalized spacial score (nSPS) is 19.1. The first kappa shape index (κ1) is 12.6. The molecule has 1 aromatic rings. The minimum Gasteiger partial charge on any atom is -0.346 e. The highest BCUT2D eigenvalue weighted by atomic mass is 16.7. The Kier molecular flexibility index (Phi) is 4.57. The van der Waals surface area contributed by atoms with Gasteiger partial charge < -0.3 is 9.47 Å². The third-order valence-electron chi connectivity index (χ3n) is 3.28. The van der Waals surface area contributed by atoms with E-state index in [4.69, 9.17) is 9.47 Å². The average molecular weight is 234 g/mol. The van der Waals surface area contributed by atoms with Crippen molar-refractivity contribution in [3.63, 3.8) is 0 Å². The molecule has 1 heterocycles. The molecule has 94 valence electrons. The Bertz CT molecular complexity index is 315. The van der Waals surface area contributed by atoms with Gasteiger partial charge in [-0.3, -0.25) is 0 Å². The number of hydrogen-bond acceptors (Lipinski definition) is 2. The van der Waals surface area contributed by atoms with Gasteiger partial charge in [0.1, 0.15) is 0 Å². The fourth-order valence-electron chi connectivity index (χ4n) is 2.33. The fraction of sp³-hybridized carbons (Fsp3) is 0.600. The lowest BCUT2D eigenvalue weighted by atomic mass is 9.98. The largest absolute Gasteiger partial charge is 0.346 e. The molecule has 0 saturated carbocycles. The van der Waals surface area contributed by atoms with Gasteiger partial charge in [-0.15, -0.1) is 0 Å². The quantitative estimate of drug-likeness (QED) is 0.720. The van der Waals surface area contributed by atoms with Crippen LogP contribution in [0.5, 0.6) is 0 Å². The predicted molar refractivity (Wildman–Crippen MR) is 68.8 cm³/mol. The fourth-order valence-corrected chi connectivity index (χ4v) is 2.33. The van der Waals surface area contributed by atoms with Gasteiger partial charge in [-0.1, -0.05) is 50.1 Å². The van der Waals surface area contributed by atoms with Crippen molar-refractivity contribution >= 4 is 0 Å². The Morgan fingerprint density at radius 3 is 2.41 bits per heavy atom. The minimum absolute atomic E-state index is 0.477. The molecule has 0 aliphatic carbocycles. The van der Waals surface area contributed by atoms with Gasteiger partial charge in [-0.25, -0.2) is 0 Å². The van der Waals surface area contributed by atoms with Crippen molar-refractivity contribution in [3.8, 4) is 0 Å². The van der Waals surface area contributed by atoms with Gasteiger partial charge >= 0.3 is 0 Å². The van der Waals surface area contributed by atoms with E-state index in [9.17, 15) is 0 Å². The highest BCUT2D eigenvalue weighted by Crippen LogP contribution is 2.35. The predicted octanol–water partition coefficient (Wildman–Crippen LogP) is 3.86. The van der Waals surface area contributed by atoms with Crippen LogP contribution in [0, 0.1) is 0 Å². The van der Waals surface area contributed by atoms with E-state index >= 15 is 0 Å². The zero-order valence-electron chi connectivity index (χ0n) is 10.7. The third kappa shape index (κ3) is 3.08. The van der Waals surface area contributed by atoms with E-state index in [1.807, 2.05) is 6.07 Å². The minimum atomic E-state index is -0.477. The molecule has 0 spiro atoms. The molecule has 0 aromatic heterocycles. The van der Waals surface area contributed by atoms with Gasteiger partial charge in [0.25, 0.3) is 0 Å². The van der Waals surface area contributed by atoms with Crippen LogP contribution in [-0.4, -0.2) is 13.2 Å². The van der Waals surface area contributed by atoms with Gasteiger partial charge in [0.15, 0.2) is 5.79 Å². The molecule has 0 bridgehead atoms. The van der Waals surface area contributed by atoms with Gasteiger partial charge in [0, 0.05) is 12.0 Å². The summed E-state index contributed by atoms with van der Waals surface area (Å²) in [5, 5.41) is 0. The monoisotopic (exact) mass is 234 g/mol. The van der Waals surface area contributed by atoms with Gasteiger partial charge in [0.05, 0.1) is 13.2 Å². The van der Waals surface area contributed by atoms with Gasteiger partial charge in [0.2, 0.25) is 0 Å². The molecule has 0 N–H and O–H groups in total. The summed E-state index contributed by atoms with van der Waals surface area (Å²) in [6.07, 6.45) is 5.59. The molecule has 0 radical (unpaired) electrons. The average Bonchev–Trinajstić information content (AvgIpc) is 2.41. The molecule has 17 heavy (non-hydrogen) atoms. The highest BCUT2D eigenvalue weighted by Gasteiger charge is 2.35. The Hall–Kier alpha value is -0.860. The van der Waals surface area contributed by atoms with Gasteiger partial charge in [-0.05, 0) is 12.8 Å². The lowest BCUT2D eigenvalue weighted by Crippen LogP contribution is -2.38. The van der Waals surface area contributed by atoms with Crippen LogP contribution in [-0.2, 0) is 15.3 Å². The molecule has 2 rings (SSSR count). The van der Waals surface area contributed by atoms with Crippen LogP contribution in [0.3, 0.4) is 0 Å². The molecule has 1 fully saturated rings. The van der Waals surface area contributed by atoms with Gasteiger partial charge in [-0.2, -0.15) is 0 Å². The lowest BCUT2D eigenvalue weighted by Gasteiger charge is -2.37. The number of ether oxygens (including phenoxy) is 2. The smallest absolute Gasteiger partial charge is 0.194 e. The molecule has 1 aromatic carbocycles. The van der Waals surface area contributed by atoms with E-state index in [-0.39, 0.29) is 0 Å². The summed E-state index contributed by atoms with van der Waals surface area (Å²) in [4.78, 5) is 0. The summed E-state index contributed by atoms with van der Waals surface area (Å²) < 4.78 is 12.0. The maximum atomic E-state index is 5.98. The van der Waals surface area contributed by atoms with E-state index in [2.05, 4.69) is 31.2 Å². The Labute approximate surface area is 104 Å². The molecule has 0 amide bonds. The Morgan fingerprint density at radius 1 is 1.06 bits per heavy atom. The first-order valence-corrected chi connectivity index (χ1v) is 6.71. The number of benzene rings is 1. The zero-order valence-corrected chi connectivity index (χ0v) is 10.7. The van der Waals surface area contributed by atoms with E-state index in [1.54, 1.807) is 0 Å². The van der Waals surface area contributed by atoms with Crippen LogP contribution < -0.4 is 0 Å². The van der Waals surface area contributed by atoms with Crippen LogP contribution in [0.1, 0.15) is 44.6 Å². The van der Waals surface area contributed by atoms with E-state index in [0.717, 1.165) is 38.0 Å². The van der Waals surface area contributed by atoms with Crippen LogP contribution in [0.2, 0.25) is 0 Å². The zero-order chi connectivity index (χ0) is 12.0. The van der Waals surface area contributed by atoms with Crippen LogP contribution in [0.4, 0.5) is 0 Å². The maximum absolute atomic E-state index is 5.98. The van der Waals surface area contributed by atoms with Crippen LogP contribution in [0.15, 0.2) is 30.3 Å². The molecular weight excluding hydrogens is 212 g/mol. The van der Waals surface area contributed by atoms with Crippen molar-refractivity contribution in [1.29, 1.82) is 0 Å². The van der Waals surface area contributed by atoms with E-state index in [0.29, 0.717) is 0 Å². The topological polar surface area (TPSA) is 18.5 Å². The first-order valence-electron chi connectivity index (χ1n) is 6.71. The third-order valence-corrected chi connectivity index (χ3v) is 3.28. The summed E-state index contributed by atoms with van der Waals surface area (Å²) in [7, 11) is 0.